The zero-order chi connectivity index (χ0) is 16.2. The Hall–Kier alpha value is -1.02. The van der Waals surface area contributed by atoms with E-state index in [0.717, 1.165) is 0 Å². The molecule has 2 atom stereocenters. The maximum absolute atomic E-state index is 13.2. The number of nitrogens with one attached hydrogen (secondary N) is 2. The maximum atomic E-state index is 13.2. The van der Waals surface area contributed by atoms with E-state index in [2.05, 4.69) is 10.6 Å². The first-order chi connectivity index (χ1) is 10.4. The highest BCUT2D eigenvalue weighted by molar-refractivity contribution is 5.85. The lowest BCUT2D eigenvalue weighted by atomic mass is 10.1. The largest absolute Gasteiger partial charge is 0.407 e. The van der Waals surface area contributed by atoms with Crippen LogP contribution in [0.4, 0.5) is 13.2 Å². The van der Waals surface area contributed by atoms with Crippen LogP contribution >= 0.6 is 24.8 Å². The van der Waals surface area contributed by atoms with Crippen molar-refractivity contribution in [2.24, 2.45) is 0 Å². The lowest BCUT2D eigenvalue weighted by Crippen LogP contribution is -2.54. The molecule has 2 rings (SSSR count). The molecule has 1 fully saturated rings. The van der Waals surface area contributed by atoms with Crippen molar-refractivity contribution in [3.63, 3.8) is 0 Å². The van der Waals surface area contributed by atoms with Gasteiger partial charge in [0.15, 0.2) is 0 Å². The van der Waals surface area contributed by atoms with Crippen molar-refractivity contribution in [1.82, 2.24) is 15.5 Å². The fraction of sp³-hybridized carbons (Fsp3) is 0.533. The first-order valence-electron chi connectivity index (χ1n) is 7.25. The SMILES string of the molecule is C[C@H]1CNCCN1C(=O)CNC(c1ccccc1)C(F)(F)F.Cl.Cl. The van der Waals surface area contributed by atoms with E-state index in [4.69, 9.17) is 0 Å². The van der Waals surface area contributed by atoms with E-state index in [0.29, 0.717) is 19.6 Å². The fourth-order valence-corrected chi connectivity index (χ4v) is 2.57. The summed E-state index contributed by atoms with van der Waals surface area (Å²) < 4.78 is 39.5. The summed E-state index contributed by atoms with van der Waals surface area (Å²) in [5.74, 6) is -0.306. The molecule has 9 heteroatoms. The van der Waals surface area contributed by atoms with E-state index in [1.807, 2.05) is 6.92 Å². The standard InChI is InChI=1S/C15H20F3N3O.2ClH/c1-11-9-19-7-8-21(11)13(22)10-20-14(15(16,17)18)12-5-3-2-4-6-12;;/h2-6,11,14,19-20H,7-10H2,1H3;2*1H/t11-,14?;;/m0../s1. The maximum Gasteiger partial charge on any atom is 0.407 e. The number of halogens is 5. The van der Waals surface area contributed by atoms with Gasteiger partial charge in [-0.15, -0.1) is 24.8 Å². The van der Waals surface area contributed by atoms with Crippen LogP contribution in [0.25, 0.3) is 0 Å². The lowest BCUT2D eigenvalue weighted by molar-refractivity contribution is -0.159. The minimum Gasteiger partial charge on any atom is -0.336 e. The summed E-state index contributed by atoms with van der Waals surface area (Å²) >= 11 is 0. The predicted molar refractivity (Wildman–Crippen MR) is 91.8 cm³/mol. The number of hydrogen-bond donors (Lipinski definition) is 2. The molecule has 0 spiro atoms. The van der Waals surface area contributed by atoms with Crippen LogP contribution in [0, 0.1) is 0 Å². The Balaban J connectivity index is 0.00000264. The smallest absolute Gasteiger partial charge is 0.336 e. The van der Waals surface area contributed by atoms with Gasteiger partial charge in [-0.25, -0.2) is 0 Å². The number of carbonyl (C=O) groups is 1. The van der Waals surface area contributed by atoms with Gasteiger partial charge in [0.1, 0.15) is 6.04 Å². The van der Waals surface area contributed by atoms with Crippen molar-refractivity contribution < 1.29 is 18.0 Å². The predicted octanol–water partition coefficient (Wildman–Crippen LogP) is 2.54. The molecule has 0 saturated carbocycles. The van der Waals surface area contributed by atoms with E-state index in [1.54, 1.807) is 23.1 Å². The second-order valence-corrected chi connectivity index (χ2v) is 5.41. The highest BCUT2D eigenvalue weighted by Crippen LogP contribution is 2.32. The average Bonchev–Trinajstić information content (AvgIpc) is 2.47. The molecular weight excluding hydrogens is 366 g/mol. The molecule has 0 aliphatic carbocycles. The summed E-state index contributed by atoms with van der Waals surface area (Å²) in [4.78, 5) is 13.8. The molecule has 1 aromatic carbocycles. The van der Waals surface area contributed by atoms with Crippen molar-refractivity contribution >= 4 is 30.7 Å². The number of amides is 1. The summed E-state index contributed by atoms with van der Waals surface area (Å²) in [5, 5.41) is 5.50. The van der Waals surface area contributed by atoms with Crippen molar-refractivity contribution in [3.05, 3.63) is 35.9 Å². The van der Waals surface area contributed by atoms with Gasteiger partial charge in [-0.3, -0.25) is 10.1 Å². The van der Waals surface area contributed by atoms with Crippen LogP contribution in [-0.4, -0.2) is 49.2 Å². The highest BCUT2D eigenvalue weighted by Gasteiger charge is 2.41. The van der Waals surface area contributed by atoms with Gasteiger partial charge in [-0.05, 0) is 12.5 Å². The molecule has 24 heavy (non-hydrogen) atoms. The highest BCUT2D eigenvalue weighted by atomic mass is 35.5. The van der Waals surface area contributed by atoms with Crippen LogP contribution in [0.15, 0.2) is 30.3 Å². The van der Waals surface area contributed by atoms with Crippen LogP contribution in [0.5, 0.6) is 0 Å². The molecular formula is C15H22Cl2F3N3O. The van der Waals surface area contributed by atoms with Crippen LogP contribution in [0.2, 0.25) is 0 Å². The summed E-state index contributed by atoms with van der Waals surface area (Å²) in [5.41, 5.74) is 0.108. The zero-order valence-electron chi connectivity index (χ0n) is 13.2. The molecule has 0 aromatic heterocycles. The quantitative estimate of drug-likeness (QED) is 0.834. The van der Waals surface area contributed by atoms with Gasteiger partial charge in [0.25, 0.3) is 0 Å². The van der Waals surface area contributed by atoms with E-state index in [1.165, 1.54) is 12.1 Å². The minimum absolute atomic E-state index is 0. The normalized spacial score (nSPS) is 19.0. The average molecular weight is 388 g/mol. The molecule has 0 bridgehead atoms. The Bertz CT molecular complexity index is 502. The molecule has 4 nitrogen and oxygen atoms in total. The van der Waals surface area contributed by atoms with E-state index in [-0.39, 0.29) is 48.9 Å². The second kappa shape index (κ2) is 10.1. The summed E-state index contributed by atoms with van der Waals surface area (Å²) in [7, 11) is 0. The number of hydrogen-bond acceptors (Lipinski definition) is 3. The molecule has 1 unspecified atom stereocenters. The fourth-order valence-electron chi connectivity index (χ4n) is 2.57. The number of piperazine rings is 1. The lowest BCUT2D eigenvalue weighted by Gasteiger charge is -2.34. The first-order valence-corrected chi connectivity index (χ1v) is 7.25. The molecule has 2 N–H and O–H groups in total. The Morgan fingerprint density at radius 3 is 2.50 bits per heavy atom. The Labute approximate surface area is 152 Å². The van der Waals surface area contributed by atoms with Crippen molar-refractivity contribution in [2.45, 2.75) is 25.2 Å². The number of alkyl halides is 3. The summed E-state index contributed by atoms with van der Waals surface area (Å²) in [6, 6.07) is 5.72. The third-order valence-electron chi connectivity index (χ3n) is 3.74. The molecule has 1 amide bonds. The molecule has 1 saturated heterocycles. The van der Waals surface area contributed by atoms with Gasteiger partial charge in [0.2, 0.25) is 5.91 Å². The van der Waals surface area contributed by atoms with E-state index in [9.17, 15) is 18.0 Å². The van der Waals surface area contributed by atoms with Crippen LogP contribution in [0.1, 0.15) is 18.5 Å². The number of nitrogens with zero attached hydrogens (tertiary/aromatic N) is 1. The minimum atomic E-state index is -4.45. The second-order valence-electron chi connectivity index (χ2n) is 5.41. The van der Waals surface area contributed by atoms with Gasteiger partial charge in [-0.1, -0.05) is 30.3 Å². The third kappa shape index (κ3) is 6.12. The number of carbonyl (C=O) groups excluding carboxylic acids is 1. The number of rotatable bonds is 4. The van der Waals surface area contributed by atoms with Crippen LogP contribution in [0.3, 0.4) is 0 Å². The van der Waals surface area contributed by atoms with Crippen molar-refractivity contribution in [2.75, 3.05) is 26.2 Å². The molecule has 1 aliphatic rings. The van der Waals surface area contributed by atoms with Gasteiger partial charge >= 0.3 is 6.18 Å². The summed E-state index contributed by atoms with van der Waals surface area (Å²) in [6.45, 7) is 3.39. The monoisotopic (exact) mass is 387 g/mol. The van der Waals surface area contributed by atoms with Gasteiger partial charge in [0.05, 0.1) is 6.54 Å². The zero-order valence-corrected chi connectivity index (χ0v) is 14.8. The molecule has 0 radical (unpaired) electrons. The van der Waals surface area contributed by atoms with Crippen LogP contribution < -0.4 is 10.6 Å². The van der Waals surface area contributed by atoms with Crippen LogP contribution in [-0.2, 0) is 4.79 Å². The number of benzene rings is 1. The van der Waals surface area contributed by atoms with Crippen molar-refractivity contribution in [1.29, 1.82) is 0 Å². The van der Waals surface area contributed by atoms with E-state index >= 15 is 0 Å². The first kappa shape index (κ1) is 23.0. The Morgan fingerprint density at radius 2 is 1.96 bits per heavy atom. The third-order valence-corrected chi connectivity index (χ3v) is 3.74. The molecule has 138 valence electrons. The Morgan fingerprint density at radius 1 is 1.33 bits per heavy atom. The van der Waals surface area contributed by atoms with Crippen molar-refractivity contribution in [3.8, 4) is 0 Å². The van der Waals surface area contributed by atoms with Gasteiger partial charge in [-0.2, -0.15) is 13.2 Å². The topological polar surface area (TPSA) is 44.4 Å². The molecule has 1 aromatic rings. The molecule has 1 aliphatic heterocycles. The molecule has 1 heterocycles. The summed E-state index contributed by atoms with van der Waals surface area (Å²) in [6.07, 6.45) is -4.45. The Kier molecular flexibility index (Phi) is 9.65. The van der Waals surface area contributed by atoms with Gasteiger partial charge < -0.3 is 10.2 Å². The van der Waals surface area contributed by atoms with Gasteiger partial charge in [0, 0.05) is 25.7 Å². The van der Waals surface area contributed by atoms with E-state index < -0.39 is 12.2 Å².